The summed E-state index contributed by atoms with van der Waals surface area (Å²) in [4.78, 5) is 16.1. The van der Waals surface area contributed by atoms with E-state index in [0.29, 0.717) is 18.9 Å². The highest BCUT2D eigenvalue weighted by atomic mass is 33.1. The van der Waals surface area contributed by atoms with Crippen LogP contribution >= 0.6 is 21.6 Å². The minimum Gasteiger partial charge on any atom is -0.340 e. The van der Waals surface area contributed by atoms with E-state index in [1.165, 1.54) is 25.0 Å². The van der Waals surface area contributed by atoms with E-state index >= 15 is 0 Å². The average Bonchev–Trinajstić information content (AvgIpc) is 2.98. The van der Waals surface area contributed by atoms with E-state index in [1.807, 2.05) is 26.5 Å². The van der Waals surface area contributed by atoms with E-state index < -0.39 is 0 Å². The van der Waals surface area contributed by atoms with E-state index in [4.69, 9.17) is 0 Å². The number of hydrogen-bond acceptors (Lipinski definition) is 4. The summed E-state index contributed by atoms with van der Waals surface area (Å²) in [5, 5.41) is 0.819. The van der Waals surface area contributed by atoms with Crippen molar-refractivity contribution in [3.63, 3.8) is 0 Å². The second-order valence-corrected chi connectivity index (χ2v) is 8.27. The van der Waals surface area contributed by atoms with Crippen molar-refractivity contribution in [2.45, 2.75) is 37.4 Å². The molecule has 20 heavy (non-hydrogen) atoms. The van der Waals surface area contributed by atoms with Crippen molar-refractivity contribution in [2.75, 3.05) is 45.2 Å². The summed E-state index contributed by atoms with van der Waals surface area (Å²) in [5.74, 6) is 1.58. The molecule has 0 aromatic heterocycles. The molecule has 0 bridgehead atoms. The summed E-state index contributed by atoms with van der Waals surface area (Å²) in [5.41, 5.74) is 0. The normalized spacial score (nSPS) is 24.2. The van der Waals surface area contributed by atoms with Crippen LogP contribution in [0.3, 0.4) is 0 Å². The van der Waals surface area contributed by atoms with Gasteiger partial charge in [0.1, 0.15) is 6.67 Å². The number of alkyl halides is 1. The molecular weight excluding hydrogens is 295 g/mol. The Morgan fingerprint density at radius 3 is 2.65 bits per heavy atom. The molecule has 0 saturated carbocycles. The smallest absolute Gasteiger partial charge is 0.222 e. The number of rotatable bonds is 7. The number of carbonyl (C=O) groups is 1. The van der Waals surface area contributed by atoms with Crippen molar-refractivity contribution in [3.05, 3.63) is 0 Å². The van der Waals surface area contributed by atoms with E-state index in [9.17, 15) is 9.18 Å². The Labute approximate surface area is 129 Å². The zero-order valence-corrected chi connectivity index (χ0v) is 13.7. The van der Waals surface area contributed by atoms with E-state index in [1.54, 1.807) is 0 Å². The van der Waals surface area contributed by atoms with Crippen LogP contribution in [0.4, 0.5) is 4.39 Å². The van der Waals surface area contributed by atoms with Gasteiger partial charge in [-0.3, -0.25) is 9.69 Å². The molecule has 0 aromatic rings. The highest BCUT2D eigenvalue weighted by molar-refractivity contribution is 8.77. The quantitative estimate of drug-likeness (QED) is 0.532. The molecule has 6 heteroatoms. The number of hydrogen-bond donors (Lipinski definition) is 0. The van der Waals surface area contributed by atoms with E-state index in [-0.39, 0.29) is 6.67 Å². The lowest BCUT2D eigenvalue weighted by Crippen LogP contribution is -2.49. The number of nitrogens with zero attached hydrogens (tertiary/aromatic N) is 2. The zero-order valence-electron chi connectivity index (χ0n) is 12.1. The number of piperazine rings is 1. The predicted octanol–water partition coefficient (Wildman–Crippen LogP) is 2.81. The van der Waals surface area contributed by atoms with Gasteiger partial charge in [0.05, 0.1) is 0 Å². The minimum absolute atomic E-state index is 0.286. The molecule has 2 saturated heterocycles. The van der Waals surface area contributed by atoms with Crippen molar-refractivity contribution >= 4 is 27.5 Å². The summed E-state index contributed by atoms with van der Waals surface area (Å²) in [7, 11) is 4.00. The molecule has 0 aliphatic carbocycles. The van der Waals surface area contributed by atoms with Gasteiger partial charge in [-0.2, -0.15) is 0 Å². The molecule has 116 valence electrons. The molecule has 2 fully saturated rings. The van der Waals surface area contributed by atoms with Gasteiger partial charge in [0, 0.05) is 50.1 Å². The van der Waals surface area contributed by atoms with Crippen LogP contribution < -0.4 is 0 Å². The molecule has 2 aliphatic heterocycles. The molecule has 0 aromatic carbocycles. The van der Waals surface area contributed by atoms with Crippen LogP contribution in [0.1, 0.15) is 32.1 Å². The third kappa shape index (κ3) is 5.45. The zero-order chi connectivity index (χ0) is 14.2. The number of carbonyl (C=O) groups excluding carboxylic acids is 1. The first-order valence-corrected chi connectivity index (χ1v) is 10.0. The first-order valence-electron chi connectivity index (χ1n) is 7.64. The van der Waals surface area contributed by atoms with Crippen molar-refractivity contribution in [1.82, 2.24) is 9.80 Å². The molecule has 2 aliphatic rings. The number of halogens is 1. The standard InChI is InChI=1S/C14H25FN2OS2/c15-6-7-16-8-10-17(11-9-16)14(18)4-2-1-3-13-5-12-19-20-13/h13H,1-12H2/t13-/m0/s1. The molecule has 1 amide bonds. The number of amides is 1. The van der Waals surface area contributed by atoms with Gasteiger partial charge in [0.15, 0.2) is 0 Å². The fourth-order valence-corrected chi connectivity index (χ4v) is 5.74. The number of unbranched alkanes of at least 4 members (excludes halogenated alkanes) is 1. The molecule has 2 heterocycles. The summed E-state index contributed by atoms with van der Waals surface area (Å²) < 4.78 is 12.2. The molecule has 2 rings (SSSR count). The van der Waals surface area contributed by atoms with Crippen LogP contribution in [0.5, 0.6) is 0 Å². The SMILES string of the molecule is O=C(CCCC[C@H]1CCSS1)N1CCN(CCF)CC1. The largest absolute Gasteiger partial charge is 0.340 e. The maximum Gasteiger partial charge on any atom is 0.222 e. The van der Waals surface area contributed by atoms with Crippen LogP contribution in [0.15, 0.2) is 0 Å². The fraction of sp³-hybridized carbons (Fsp3) is 0.929. The average molecular weight is 320 g/mol. The lowest BCUT2D eigenvalue weighted by atomic mass is 10.1. The minimum atomic E-state index is -0.286. The first kappa shape index (κ1) is 16.4. The molecular formula is C14H25FN2OS2. The third-order valence-corrected chi connectivity index (χ3v) is 7.03. The molecule has 0 N–H and O–H groups in total. The van der Waals surface area contributed by atoms with E-state index in [2.05, 4.69) is 4.90 Å². The third-order valence-electron chi connectivity index (χ3n) is 4.02. The van der Waals surface area contributed by atoms with Gasteiger partial charge >= 0.3 is 0 Å². The Morgan fingerprint density at radius 1 is 1.20 bits per heavy atom. The summed E-state index contributed by atoms with van der Waals surface area (Å²) >= 11 is 0. The second kappa shape index (κ2) is 9.15. The van der Waals surface area contributed by atoms with Crippen molar-refractivity contribution in [3.8, 4) is 0 Å². The topological polar surface area (TPSA) is 23.6 Å². The Balaban J connectivity index is 1.53. The summed E-state index contributed by atoms with van der Waals surface area (Å²) in [6.07, 6.45) is 5.47. The molecule has 3 nitrogen and oxygen atoms in total. The molecule has 0 unspecified atom stereocenters. The van der Waals surface area contributed by atoms with Gasteiger partial charge < -0.3 is 4.90 Å². The molecule has 1 atom stereocenters. The summed E-state index contributed by atoms with van der Waals surface area (Å²) in [6, 6.07) is 0. The fourth-order valence-electron chi connectivity index (χ4n) is 2.71. The van der Waals surface area contributed by atoms with Crippen molar-refractivity contribution in [1.29, 1.82) is 0 Å². The van der Waals surface area contributed by atoms with Crippen LogP contribution in [0.2, 0.25) is 0 Å². The van der Waals surface area contributed by atoms with Gasteiger partial charge in [0.25, 0.3) is 0 Å². The second-order valence-electron chi connectivity index (χ2n) is 5.49. The van der Waals surface area contributed by atoms with Crippen LogP contribution in [0, 0.1) is 0 Å². The van der Waals surface area contributed by atoms with Gasteiger partial charge in [-0.25, -0.2) is 4.39 Å². The highest BCUT2D eigenvalue weighted by Gasteiger charge is 2.21. The highest BCUT2D eigenvalue weighted by Crippen LogP contribution is 2.39. The van der Waals surface area contributed by atoms with Gasteiger partial charge in [-0.15, -0.1) is 0 Å². The maximum atomic E-state index is 12.2. The van der Waals surface area contributed by atoms with Crippen molar-refractivity contribution < 1.29 is 9.18 Å². The Morgan fingerprint density at radius 2 is 2.00 bits per heavy atom. The van der Waals surface area contributed by atoms with Gasteiger partial charge in [-0.05, 0) is 19.3 Å². The first-order chi connectivity index (χ1) is 9.79. The molecule has 0 radical (unpaired) electrons. The lowest BCUT2D eigenvalue weighted by Gasteiger charge is -2.34. The Kier molecular flexibility index (Phi) is 7.52. The van der Waals surface area contributed by atoms with Crippen molar-refractivity contribution in [2.24, 2.45) is 0 Å². The van der Waals surface area contributed by atoms with Crippen LogP contribution in [0.25, 0.3) is 0 Å². The van der Waals surface area contributed by atoms with Crippen LogP contribution in [-0.4, -0.2) is 66.1 Å². The lowest BCUT2D eigenvalue weighted by molar-refractivity contribution is -0.133. The Bertz CT molecular complexity index is 293. The predicted molar refractivity (Wildman–Crippen MR) is 85.9 cm³/mol. The van der Waals surface area contributed by atoms with Gasteiger partial charge in [-0.1, -0.05) is 28.0 Å². The Hall–Kier alpha value is 0.0600. The van der Waals surface area contributed by atoms with Gasteiger partial charge in [0.2, 0.25) is 5.91 Å². The monoisotopic (exact) mass is 320 g/mol. The maximum absolute atomic E-state index is 12.2. The summed E-state index contributed by atoms with van der Waals surface area (Å²) in [6.45, 7) is 3.42. The van der Waals surface area contributed by atoms with Crippen LogP contribution in [-0.2, 0) is 4.79 Å². The van der Waals surface area contributed by atoms with E-state index in [0.717, 1.165) is 37.8 Å². The molecule has 0 spiro atoms.